The Balaban J connectivity index is 1.69. The SMILES string of the molecule is N#Cc1ccc(CN2CC3CC2C3)cc1. The Morgan fingerprint density at radius 1 is 1.27 bits per heavy atom. The third-order valence-corrected chi connectivity index (χ3v) is 3.69. The second-order valence-electron chi connectivity index (χ2n) is 4.73. The topological polar surface area (TPSA) is 27.0 Å². The van der Waals surface area contributed by atoms with Crippen molar-refractivity contribution in [2.24, 2.45) is 5.92 Å². The van der Waals surface area contributed by atoms with Crippen LogP contribution in [0.5, 0.6) is 0 Å². The monoisotopic (exact) mass is 198 g/mol. The fraction of sp³-hybridized carbons (Fsp3) is 0.462. The fourth-order valence-electron chi connectivity index (χ4n) is 2.74. The average Bonchev–Trinajstić information content (AvgIpc) is 2.77. The maximum atomic E-state index is 8.70. The van der Waals surface area contributed by atoms with Crippen LogP contribution in [-0.2, 0) is 6.54 Å². The number of hydrogen-bond donors (Lipinski definition) is 0. The summed E-state index contributed by atoms with van der Waals surface area (Å²) in [6.45, 7) is 2.34. The molecule has 3 aliphatic rings. The van der Waals surface area contributed by atoms with Crippen LogP contribution in [-0.4, -0.2) is 17.5 Å². The highest BCUT2D eigenvalue weighted by molar-refractivity contribution is 5.31. The zero-order chi connectivity index (χ0) is 10.3. The molecule has 2 bridgehead atoms. The molecule has 0 N–H and O–H groups in total. The van der Waals surface area contributed by atoms with Crippen molar-refractivity contribution >= 4 is 0 Å². The van der Waals surface area contributed by atoms with Crippen molar-refractivity contribution in [1.29, 1.82) is 5.26 Å². The summed E-state index contributed by atoms with van der Waals surface area (Å²) in [5, 5.41) is 8.70. The Hall–Kier alpha value is -1.33. The van der Waals surface area contributed by atoms with Gasteiger partial charge in [0.2, 0.25) is 0 Å². The van der Waals surface area contributed by atoms with Gasteiger partial charge in [0, 0.05) is 19.1 Å². The van der Waals surface area contributed by atoms with Crippen LogP contribution < -0.4 is 0 Å². The zero-order valence-corrected chi connectivity index (χ0v) is 8.69. The van der Waals surface area contributed by atoms with E-state index >= 15 is 0 Å². The molecule has 0 unspecified atom stereocenters. The second-order valence-corrected chi connectivity index (χ2v) is 4.73. The largest absolute Gasteiger partial charge is 0.296 e. The highest BCUT2D eigenvalue weighted by Gasteiger charge is 2.42. The third kappa shape index (κ3) is 1.53. The highest BCUT2D eigenvalue weighted by atomic mass is 15.2. The summed E-state index contributed by atoms with van der Waals surface area (Å²) in [5.41, 5.74) is 2.09. The summed E-state index contributed by atoms with van der Waals surface area (Å²) >= 11 is 0. The number of rotatable bonds is 2. The molecule has 1 aliphatic carbocycles. The van der Waals surface area contributed by atoms with Crippen molar-refractivity contribution in [2.75, 3.05) is 6.54 Å². The van der Waals surface area contributed by atoms with Crippen LogP contribution in [0.15, 0.2) is 24.3 Å². The van der Waals surface area contributed by atoms with Crippen molar-refractivity contribution < 1.29 is 0 Å². The van der Waals surface area contributed by atoms with Crippen molar-refractivity contribution in [3.05, 3.63) is 35.4 Å². The van der Waals surface area contributed by atoms with Gasteiger partial charge in [0.15, 0.2) is 0 Å². The molecular formula is C13H14N2. The minimum atomic E-state index is 0.754. The molecule has 0 atom stereocenters. The number of benzene rings is 1. The molecule has 1 aromatic carbocycles. The molecular weight excluding hydrogens is 184 g/mol. The lowest BCUT2D eigenvalue weighted by Gasteiger charge is -2.25. The van der Waals surface area contributed by atoms with Crippen LogP contribution in [0.2, 0.25) is 0 Å². The van der Waals surface area contributed by atoms with E-state index in [4.69, 9.17) is 5.26 Å². The van der Waals surface area contributed by atoms with Crippen molar-refractivity contribution in [1.82, 2.24) is 4.90 Å². The molecule has 2 heterocycles. The molecule has 0 spiro atoms. The van der Waals surface area contributed by atoms with E-state index in [0.717, 1.165) is 24.1 Å². The maximum Gasteiger partial charge on any atom is 0.0991 e. The van der Waals surface area contributed by atoms with Crippen LogP contribution in [0.4, 0.5) is 0 Å². The van der Waals surface area contributed by atoms with Gasteiger partial charge in [-0.05, 0) is 36.5 Å². The molecule has 15 heavy (non-hydrogen) atoms. The van der Waals surface area contributed by atoms with E-state index < -0.39 is 0 Å². The standard InChI is InChI=1S/C13H14N2/c14-7-10-1-3-11(4-2-10)8-15-9-12-5-13(15)6-12/h1-4,12-13H,5-6,8-9H2. The lowest BCUT2D eigenvalue weighted by molar-refractivity contribution is 0.240. The molecule has 1 aromatic rings. The van der Waals surface area contributed by atoms with Crippen molar-refractivity contribution in [3.8, 4) is 6.07 Å². The fourth-order valence-corrected chi connectivity index (χ4v) is 2.74. The van der Waals surface area contributed by atoms with Crippen molar-refractivity contribution in [2.45, 2.75) is 25.4 Å². The van der Waals surface area contributed by atoms with E-state index in [9.17, 15) is 0 Å². The van der Waals surface area contributed by atoms with Crippen LogP contribution in [0.1, 0.15) is 24.0 Å². The van der Waals surface area contributed by atoms with Gasteiger partial charge in [-0.2, -0.15) is 5.26 Å². The molecule has 76 valence electrons. The molecule has 0 aromatic heterocycles. The van der Waals surface area contributed by atoms with Gasteiger partial charge >= 0.3 is 0 Å². The molecule has 4 rings (SSSR count). The Kier molecular flexibility index (Phi) is 2.00. The summed E-state index contributed by atoms with van der Waals surface area (Å²) in [6, 6.07) is 11.0. The van der Waals surface area contributed by atoms with Crippen LogP contribution in [0, 0.1) is 17.2 Å². The van der Waals surface area contributed by atoms with Crippen LogP contribution >= 0.6 is 0 Å². The summed E-state index contributed by atoms with van der Waals surface area (Å²) in [4.78, 5) is 2.58. The van der Waals surface area contributed by atoms with Gasteiger partial charge in [-0.3, -0.25) is 4.90 Å². The van der Waals surface area contributed by atoms with Crippen LogP contribution in [0.3, 0.4) is 0 Å². The van der Waals surface area contributed by atoms with E-state index in [1.165, 1.54) is 24.9 Å². The molecule has 0 amide bonds. The Bertz CT molecular complexity index is 396. The third-order valence-electron chi connectivity index (χ3n) is 3.69. The van der Waals surface area contributed by atoms with E-state index in [2.05, 4.69) is 23.1 Å². The number of nitrogens with zero attached hydrogens (tertiary/aromatic N) is 2. The first-order chi connectivity index (χ1) is 7.35. The summed E-state index contributed by atoms with van der Waals surface area (Å²) < 4.78 is 0. The van der Waals surface area contributed by atoms with Gasteiger partial charge in [0.25, 0.3) is 0 Å². The van der Waals surface area contributed by atoms with E-state index in [1.807, 2.05) is 12.1 Å². The molecule has 1 saturated carbocycles. The summed E-state index contributed by atoms with van der Waals surface area (Å²) in [5.74, 6) is 0.980. The molecule has 2 aliphatic heterocycles. The molecule has 2 nitrogen and oxygen atoms in total. The number of fused-ring (bicyclic) bond motifs is 1. The average molecular weight is 198 g/mol. The van der Waals surface area contributed by atoms with E-state index in [1.54, 1.807) is 0 Å². The maximum absolute atomic E-state index is 8.70. The van der Waals surface area contributed by atoms with Crippen LogP contribution in [0.25, 0.3) is 0 Å². The molecule has 0 radical (unpaired) electrons. The first kappa shape index (κ1) is 8.94. The predicted molar refractivity (Wildman–Crippen MR) is 58.1 cm³/mol. The van der Waals surface area contributed by atoms with Gasteiger partial charge in [-0.15, -0.1) is 0 Å². The lowest BCUT2D eigenvalue weighted by atomic mass is 9.86. The number of nitriles is 1. The smallest absolute Gasteiger partial charge is 0.0991 e. The summed E-state index contributed by atoms with van der Waals surface area (Å²) in [6.07, 6.45) is 2.83. The minimum absolute atomic E-state index is 0.754. The van der Waals surface area contributed by atoms with E-state index in [0.29, 0.717) is 0 Å². The summed E-state index contributed by atoms with van der Waals surface area (Å²) in [7, 11) is 0. The zero-order valence-electron chi connectivity index (χ0n) is 8.69. The molecule has 2 saturated heterocycles. The number of hydrogen-bond acceptors (Lipinski definition) is 2. The Morgan fingerprint density at radius 3 is 2.53 bits per heavy atom. The quantitative estimate of drug-likeness (QED) is 0.728. The highest BCUT2D eigenvalue weighted by Crippen LogP contribution is 2.41. The first-order valence-corrected chi connectivity index (χ1v) is 5.58. The van der Waals surface area contributed by atoms with Gasteiger partial charge < -0.3 is 0 Å². The normalized spacial score (nSPS) is 28.5. The lowest BCUT2D eigenvalue weighted by Crippen LogP contribution is -2.28. The molecule has 2 heteroatoms. The van der Waals surface area contributed by atoms with Gasteiger partial charge in [-0.25, -0.2) is 0 Å². The first-order valence-electron chi connectivity index (χ1n) is 5.58. The van der Waals surface area contributed by atoms with Crippen molar-refractivity contribution in [3.63, 3.8) is 0 Å². The Labute approximate surface area is 90.1 Å². The Morgan fingerprint density at radius 2 is 2.00 bits per heavy atom. The van der Waals surface area contributed by atoms with Gasteiger partial charge in [0.1, 0.15) is 0 Å². The molecule has 3 fully saturated rings. The predicted octanol–water partition coefficient (Wildman–Crippen LogP) is 2.15. The minimum Gasteiger partial charge on any atom is -0.296 e. The van der Waals surface area contributed by atoms with Gasteiger partial charge in [-0.1, -0.05) is 12.1 Å². The second kappa shape index (κ2) is 3.36. The van der Waals surface area contributed by atoms with E-state index in [-0.39, 0.29) is 0 Å². The van der Waals surface area contributed by atoms with Gasteiger partial charge in [0.05, 0.1) is 11.6 Å².